The average Bonchev–Trinajstić information content (AvgIpc) is 2.52. The molecule has 0 radical (unpaired) electrons. The largest absolute Gasteiger partial charge is 0.398 e. The number of anilines is 1. The molecule has 6 nitrogen and oxygen atoms in total. The molecule has 20 heavy (non-hydrogen) atoms. The molecule has 110 valence electrons. The number of nitrogens with zero attached hydrogens (tertiary/aromatic N) is 1. The van der Waals surface area contributed by atoms with E-state index in [4.69, 9.17) is 28.9 Å². The predicted octanol–water partition coefficient (Wildman–Crippen LogP) is 1.09. The second-order valence-electron chi connectivity index (χ2n) is 4.31. The Kier molecular flexibility index (Phi) is 4.43. The van der Waals surface area contributed by atoms with Gasteiger partial charge in [0.15, 0.2) is 0 Å². The van der Waals surface area contributed by atoms with Crippen LogP contribution in [-0.4, -0.2) is 38.3 Å². The van der Waals surface area contributed by atoms with Crippen molar-refractivity contribution in [3.05, 3.63) is 22.2 Å². The van der Waals surface area contributed by atoms with Gasteiger partial charge in [-0.3, -0.25) is 4.79 Å². The second kappa shape index (κ2) is 5.77. The SMILES string of the molecule is Nc1cc(Cl)cc(Cl)c1S(=O)(=O)N1CCNC(=O)CC1. The van der Waals surface area contributed by atoms with Crippen molar-refractivity contribution in [2.24, 2.45) is 0 Å². The maximum Gasteiger partial charge on any atom is 0.246 e. The maximum absolute atomic E-state index is 12.6. The minimum Gasteiger partial charge on any atom is -0.398 e. The van der Waals surface area contributed by atoms with Crippen molar-refractivity contribution in [3.8, 4) is 0 Å². The molecule has 1 aliphatic rings. The van der Waals surface area contributed by atoms with Crippen LogP contribution in [0.2, 0.25) is 10.0 Å². The first-order chi connectivity index (χ1) is 9.32. The molecule has 0 unspecified atom stereocenters. The molecule has 1 aromatic carbocycles. The van der Waals surface area contributed by atoms with E-state index in [1.54, 1.807) is 0 Å². The van der Waals surface area contributed by atoms with Crippen LogP contribution in [0, 0.1) is 0 Å². The number of rotatable bonds is 2. The van der Waals surface area contributed by atoms with Crippen molar-refractivity contribution >= 4 is 44.8 Å². The van der Waals surface area contributed by atoms with Gasteiger partial charge in [0.25, 0.3) is 0 Å². The van der Waals surface area contributed by atoms with Crippen molar-refractivity contribution < 1.29 is 13.2 Å². The van der Waals surface area contributed by atoms with Gasteiger partial charge in [-0.05, 0) is 12.1 Å². The van der Waals surface area contributed by atoms with Gasteiger partial charge in [0, 0.05) is 31.1 Å². The van der Waals surface area contributed by atoms with Gasteiger partial charge in [-0.1, -0.05) is 23.2 Å². The van der Waals surface area contributed by atoms with Crippen molar-refractivity contribution in [2.45, 2.75) is 11.3 Å². The molecule has 0 aromatic heterocycles. The molecule has 3 N–H and O–H groups in total. The van der Waals surface area contributed by atoms with Crippen molar-refractivity contribution in [1.82, 2.24) is 9.62 Å². The Morgan fingerprint density at radius 3 is 2.60 bits per heavy atom. The van der Waals surface area contributed by atoms with Gasteiger partial charge in [-0.2, -0.15) is 4.31 Å². The predicted molar refractivity (Wildman–Crippen MR) is 77.3 cm³/mol. The molecular formula is C11H13Cl2N3O3S. The van der Waals surface area contributed by atoms with Gasteiger partial charge >= 0.3 is 0 Å². The maximum atomic E-state index is 12.6. The van der Waals surface area contributed by atoms with Crippen LogP contribution in [0.3, 0.4) is 0 Å². The Morgan fingerprint density at radius 1 is 1.25 bits per heavy atom. The number of amides is 1. The van der Waals surface area contributed by atoms with Gasteiger partial charge < -0.3 is 11.1 Å². The molecule has 1 amide bonds. The first-order valence-electron chi connectivity index (χ1n) is 5.84. The third-order valence-corrected chi connectivity index (χ3v) is 5.55. The number of sulfonamides is 1. The molecule has 0 bridgehead atoms. The minimum absolute atomic E-state index is 0.00830. The molecule has 2 rings (SSSR count). The summed E-state index contributed by atoms with van der Waals surface area (Å²) in [5.41, 5.74) is 5.72. The highest BCUT2D eigenvalue weighted by atomic mass is 35.5. The first-order valence-corrected chi connectivity index (χ1v) is 8.03. The normalized spacial score (nSPS) is 17.6. The fourth-order valence-electron chi connectivity index (χ4n) is 1.97. The quantitative estimate of drug-likeness (QED) is 0.790. The van der Waals surface area contributed by atoms with Crippen molar-refractivity contribution in [3.63, 3.8) is 0 Å². The third-order valence-electron chi connectivity index (χ3n) is 2.91. The van der Waals surface area contributed by atoms with E-state index in [9.17, 15) is 13.2 Å². The van der Waals surface area contributed by atoms with Crippen LogP contribution in [-0.2, 0) is 14.8 Å². The summed E-state index contributed by atoms with van der Waals surface area (Å²) in [5, 5.41) is 2.84. The number of halogens is 2. The highest BCUT2D eigenvalue weighted by Crippen LogP contribution is 2.33. The number of carbonyl (C=O) groups is 1. The van der Waals surface area contributed by atoms with Gasteiger partial charge in [-0.15, -0.1) is 0 Å². The second-order valence-corrected chi connectivity index (χ2v) is 7.03. The van der Waals surface area contributed by atoms with Crippen LogP contribution in [0.15, 0.2) is 17.0 Å². The van der Waals surface area contributed by atoms with Crippen LogP contribution in [0.25, 0.3) is 0 Å². The van der Waals surface area contributed by atoms with Gasteiger partial charge in [-0.25, -0.2) is 8.42 Å². The summed E-state index contributed by atoms with van der Waals surface area (Å²) in [4.78, 5) is 11.1. The van der Waals surface area contributed by atoms with E-state index < -0.39 is 10.0 Å². The van der Waals surface area contributed by atoms with Gasteiger partial charge in [0.2, 0.25) is 15.9 Å². The molecule has 1 aliphatic heterocycles. The summed E-state index contributed by atoms with van der Waals surface area (Å²) in [7, 11) is -3.86. The summed E-state index contributed by atoms with van der Waals surface area (Å²) in [6.45, 7) is 0.516. The zero-order valence-electron chi connectivity index (χ0n) is 10.4. The van der Waals surface area contributed by atoms with Gasteiger partial charge in [0.1, 0.15) is 4.90 Å². The Bertz CT molecular complexity index is 625. The topological polar surface area (TPSA) is 92.5 Å². The van der Waals surface area contributed by atoms with Crippen LogP contribution in [0.5, 0.6) is 0 Å². The van der Waals surface area contributed by atoms with E-state index in [-0.39, 0.29) is 52.6 Å². The highest BCUT2D eigenvalue weighted by Gasteiger charge is 2.30. The van der Waals surface area contributed by atoms with Crippen molar-refractivity contribution in [2.75, 3.05) is 25.4 Å². The lowest BCUT2D eigenvalue weighted by Gasteiger charge is -2.21. The first kappa shape index (κ1) is 15.4. The monoisotopic (exact) mass is 337 g/mol. The number of benzene rings is 1. The molecule has 0 aliphatic carbocycles. The lowest BCUT2D eigenvalue weighted by atomic mass is 10.3. The molecule has 1 aromatic rings. The molecule has 1 saturated heterocycles. The van der Waals surface area contributed by atoms with E-state index in [2.05, 4.69) is 5.32 Å². The lowest BCUT2D eigenvalue weighted by molar-refractivity contribution is -0.120. The van der Waals surface area contributed by atoms with Crippen LogP contribution in [0.1, 0.15) is 6.42 Å². The number of carbonyl (C=O) groups excluding carboxylic acids is 1. The number of nitrogens with two attached hydrogens (primary N) is 1. The smallest absolute Gasteiger partial charge is 0.246 e. The highest BCUT2D eigenvalue weighted by molar-refractivity contribution is 7.89. The van der Waals surface area contributed by atoms with E-state index in [1.807, 2.05) is 0 Å². The number of hydrogen-bond donors (Lipinski definition) is 2. The molecular weight excluding hydrogens is 325 g/mol. The van der Waals surface area contributed by atoms with Crippen LogP contribution in [0.4, 0.5) is 5.69 Å². The van der Waals surface area contributed by atoms with Crippen molar-refractivity contribution in [1.29, 1.82) is 0 Å². The molecule has 0 saturated carbocycles. The van der Waals surface area contributed by atoms with E-state index in [0.717, 1.165) is 0 Å². The lowest BCUT2D eigenvalue weighted by Crippen LogP contribution is -2.34. The zero-order valence-corrected chi connectivity index (χ0v) is 12.7. The summed E-state index contributed by atoms with van der Waals surface area (Å²) in [6.07, 6.45) is 0.102. The minimum atomic E-state index is -3.86. The molecule has 1 heterocycles. The Morgan fingerprint density at radius 2 is 1.95 bits per heavy atom. The van der Waals surface area contributed by atoms with Gasteiger partial charge in [0.05, 0.1) is 10.7 Å². The Hall–Kier alpha value is -1.02. The number of hydrogen-bond acceptors (Lipinski definition) is 4. The third kappa shape index (κ3) is 3.01. The van der Waals surface area contributed by atoms with Crippen LogP contribution >= 0.6 is 23.2 Å². The molecule has 0 atom stereocenters. The summed E-state index contributed by atoms with van der Waals surface area (Å²) < 4.78 is 26.3. The molecule has 0 spiro atoms. The summed E-state index contributed by atoms with van der Waals surface area (Å²) in [5.74, 6) is -0.183. The van der Waals surface area contributed by atoms with E-state index in [1.165, 1.54) is 16.4 Å². The van der Waals surface area contributed by atoms with E-state index >= 15 is 0 Å². The summed E-state index contributed by atoms with van der Waals surface area (Å²) in [6, 6.07) is 2.66. The Labute approximate surface area is 126 Å². The summed E-state index contributed by atoms with van der Waals surface area (Å²) >= 11 is 11.7. The van der Waals surface area contributed by atoms with E-state index in [0.29, 0.717) is 0 Å². The zero-order chi connectivity index (χ0) is 14.9. The molecule has 9 heteroatoms. The Balaban J connectivity index is 2.42. The standard InChI is InChI=1S/C11H13Cl2N3O3S/c12-7-5-8(13)11(9(14)6-7)20(18,19)16-3-1-10(17)15-2-4-16/h5-6H,1-4,14H2,(H,15,17). The molecule has 1 fully saturated rings. The number of nitrogens with one attached hydrogen (secondary N) is 1. The van der Waals surface area contributed by atoms with Crippen LogP contribution < -0.4 is 11.1 Å². The average molecular weight is 338 g/mol. The fraction of sp³-hybridized carbons (Fsp3) is 0.364. The number of nitrogen functional groups attached to an aromatic ring is 1. The fourth-order valence-corrected chi connectivity index (χ4v) is 4.35.